The van der Waals surface area contributed by atoms with Crippen molar-refractivity contribution in [3.05, 3.63) is 24.2 Å². The molecule has 5 rings (SSSR count). The number of ether oxygens (including phenoxy) is 1. The lowest BCUT2D eigenvalue weighted by atomic mass is 9.80. The summed E-state index contributed by atoms with van der Waals surface area (Å²) in [5.74, 6) is 2.48. The zero-order valence-electron chi connectivity index (χ0n) is 13.0. The van der Waals surface area contributed by atoms with Crippen LogP contribution < -0.4 is 4.74 Å². The minimum absolute atomic E-state index is 0.683. The largest absolute Gasteiger partial charge is 0.493 e. The fourth-order valence-corrected chi connectivity index (χ4v) is 4.04. The molecule has 0 unspecified atom stereocenters. The van der Waals surface area contributed by atoms with Gasteiger partial charge < -0.3 is 4.74 Å². The summed E-state index contributed by atoms with van der Waals surface area (Å²) in [5.41, 5.74) is 3.01. The van der Waals surface area contributed by atoms with E-state index in [0.29, 0.717) is 5.92 Å². The lowest BCUT2D eigenvalue weighted by molar-refractivity contribution is 0.174. The third-order valence-corrected chi connectivity index (χ3v) is 6.04. The van der Waals surface area contributed by atoms with Crippen LogP contribution in [0, 0.1) is 11.3 Å². The number of fused-ring (bicyclic) bond motifs is 1. The number of hydrogen-bond acceptors (Lipinski definition) is 3. The van der Waals surface area contributed by atoms with E-state index in [0.717, 1.165) is 29.3 Å². The lowest BCUT2D eigenvalue weighted by Gasteiger charge is -2.28. The molecular weight excluding hydrogens is 274 g/mol. The zero-order valence-corrected chi connectivity index (χ0v) is 13.0. The Balaban J connectivity index is 1.31. The number of nitrogens with zero attached hydrogens (tertiary/aromatic N) is 3. The molecule has 3 aliphatic rings. The minimum Gasteiger partial charge on any atom is -0.493 e. The Morgan fingerprint density at radius 3 is 2.68 bits per heavy atom. The molecule has 3 saturated carbocycles. The van der Waals surface area contributed by atoms with Gasteiger partial charge in [0.2, 0.25) is 0 Å². The number of aromatic nitrogens is 3. The number of hydrogen-bond donors (Lipinski definition) is 0. The summed E-state index contributed by atoms with van der Waals surface area (Å²) in [6.07, 6.45) is 15.1. The smallest absolute Gasteiger partial charge is 0.164 e. The summed E-state index contributed by atoms with van der Waals surface area (Å²) >= 11 is 0. The molecule has 0 radical (unpaired) electrons. The maximum absolute atomic E-state index is 6.26. The van der Waals surface area contributed by atoms with Crippen LogP contribution in [-0.2, 0) is 0 Å². The van der Waals surface area contributed by atoms with Crippen molar-refractivity contribution in [2.75, 3.05) is 6.61 Å². The van der Waals surface area contributed by atoms with E-state index < -0.39 is 0 Å². The molecule has 0 saturated heterocycles. The fourth-order valence-electron chi connectivity index (χ4n) is 4.04. The van der Waals surface area contributed by atoms with Crippen molar-refractivity contribution in [3.63, 3.8) is 0 Å². The molecule has 116 valence electrons. The van der Waals surface area contributed by atoms with Gasteiger partial charge in [-0.05, 0) is 68.6 Å². The Morgan fingerprint density at radius 1 is 1.14 bits per heavy atom. The van der Waals surface area contributed by atoms with E-state index in [2.05, 4.69) is 22.5 Å². The molecule has 2 aromatic heterocycles. The number of pyridine rings is 1. The van der Waals surface area contributed by atoms with Gasteiger partial charge in [-0.25, -0.2) is 0 Å². The molecule has 4 heteroatoms. The predicted molar refractivity (Wildman–Crippen MR) is 84.1 cm³/mol. The van der Waals surface area contributed by atoms with Crippen molar-refractivity contribution in [1.29, 1.82) is 0 Å². The van der Waals surface area contributed by atoms with Crippen LogP contribution in [0.25, 0.3) is 5.65 Å². The van der Waals surface area contributed by atoms with Crippen molar-refractivity contribution < 1.29 is 4.74 Å². The Morgan fingerprint density at radius 2 is 1.95 bits per heavy atom. The van der Waals surface area contributed by atoms with E-state index >= 15 is 0 Å². The first-order valence-electron chi connectivity index (χ1n) is 8.77. The average molecular weight is 297 g/mol. The first kappa shape index (κ1) is 12.9. The predicted octanol–water partition coefficient (Wildman–Crippen LogP) is 3.96. The molecule has 1 spiro atoms. The van der Waals surface area contributed by atoms with Gasteiger partial charge in [0.15, 0.2) is 5.65 Å². The molecule has 3 aliphatic carbocycles. The highest BCUT2D eigenvalue weighted by Gasteiger charge is 2.44. The maximum Gasteiger partial charge on any atom is 0.164 e. The van der Waals surface area contributed by atoms with Crippen LogP contribution in [0.2, 0.25) is 0 Å². The molecule has 0 bridgehead atoms. The Hall–Kier alpha value is -1.58. The molecule has 3 fully saturated rings. The second-order valence-corrected chi connectivity index (χ2v) is 7.72. The van der Waals surface area contributed by atoms with Gasteiger partial charge in [-0.15, -0.1) is 10.2 Å². The van der Waals surface area contributed by atoms with Crippen molar-refractivity contribution in [1.82, 2.24) is 14.6 Å². The quantitative estimate of drug-likeness (QED) is 0.857. The monoisotopic (exact) mass is 297 g/mol. The molecule has 0 aliphatic heterocycles. The van der Waals surface area contributed by atoms with E-state index in [9.17, 15) is 0 Å². The summed E-state index contributed by atoms with van der Waals surface area (Å²) in [6, 6.07) is 2.08. The SMILES string of the molecule is c1c(OCC2CCC3(CC2)CC3)c(C2CC2)cn2cnnc12. The highest BCUT2D eigenvalue weighted by Crippen LogP contribution is 2.57. The van der Waals surface area contributed by atoms with Crippen LogP contribution in [-0.4, -0.2) is 21.2 Å². The topological polar surface area (TPSA) is 39.4 Å². The van der Waals surface area contributed by atoms with Gasteiger partial charge in [0.1, 0.15) is 12.1 Å². The van der Waals surface area contributed by atoms with Crippen LogP contribution in [0.3, 0.4) is 0 Å². The van der Waals surface area contributed by atoms with Gasteiger partial charge in [0.05, 0.1) is 6.61 Å². The molecular formula is C18H23N3O. The van der Waals surface area contributed by atoms with E-state index in [1.807, 2.05) is 4.40 Å². The second-order valence-electron chi connectivity index (χ2n) is 7.72. The van der Waals surface area contributed by atoms with E-state index in [4.69, 9.17) is 4.74 Å². The first-order chi connectivity index (χ1) is 10.8. The standard InChI is InChI=1S/C18H23N3O/c1-2-14(1)15-10-21-12-19-20-17(21)9-16(15)22-11-13-3-5-18(6-4-13)7-8-18/h9-10,12-14H,1-8,11H2. The molecule has 2 heterocycles. The first-order valence-corrected chi connectivity index (χ1v) is 8.77. The second kappa shape index (κ2) is 4.71. The average Bonchev–Trinajstić information content (AvgIpc) is 3.46. The third kappa shape index (κ3) is 2.29. The normalized spacial score (nSPS) is 24.0. The Labute approximate surface area is 130 Å². The van der Waals surface area contributed by atoms with Crippen LogP contribution in [0.1, 0.15) is 62.8 Å². The Kier molecular flexibility index (Phi) is 2.76. The van der Waals surface area contributed by atoms with Gasteiger partial charge in [-0.2, -0.15) is 0 Å². The van der Waals surface area contributed by atoms with Crippen molar-refractivity contribution >= 4 is 5.65 Å². The van der Waals surface area contributed by atoms with Gasteiger partial charge >= 0.3 is 0 Å². The molecule has 0 N–H and O–H groups in total. The summed E-state index contributed by atoms with van der Waals surface area (Å²) in [6.45, 7) is 0.875. The van der Waals surface area contributed by atoms with Gasteiger partial charge in [-0.1, -0.05) is 0 Å². The molecule has 0 atom stereocenters. The Bertz CT molecular complexity index is 689. The van der Waals surface area contributed by atoms with Gasteiger partial charge in [0, 0.05) is 17.8 Å². The zero-order chi connectivity index (χ0) is 14.6. The van der Waals surface area contributed by atoms with Crippen LogP contribution in [0.4, 0.5) is 0 Å². The van der Waals surface area contributed by atoms with E-state index in [-0.39, 0.29) is 0 Å². The van der Waals surface area contributed by atoms with Crippen molar-refractivity contribution in [2.45, 2.75) is 57.3 Å². The molecule has 4 nitrogen and oxygen atoms in total. The van der Waals surface area contributed by atoms with E-state index in [1.165, 1.54) is 56.9 Å². The van der Waals surface area contributed by atoms with Gasteiger partial charge in [0.25, 0.3) is 0 Å². The van der Waals surface area contributed by atoms with Crippen molar-refractivity contribution in [2.24, 2.45) is 11.3 Å². The third-order valence-electron chi connectivity index (χ3n) is 6.04. The van der Waals surface area contributed by atoms with E-state index in [1.54, 1.807) is 6.33 Å². The number of rotatable bonds is 4. The molecule has 2 aromatic rings. The summed E-state index contributed by atoms with van der Waals surface area (Å²) in [7, 11) is 0. The summed E-state index contributed by atoms with van der Waals surface area (Å²) in [4.78, 5) is 0. The van der Waals surface area contributed by atoms with Crippen LogP contribution >= 0.6 is 0 Å². The summed E-state index contributed by atoms with van der Waals surface area (Å²) in [5, 5.41) is 8.15. The molecule has 0 amide bonds. The maximum atomic E-state index is 6.26. The summed E-state index contributed by atoms with van der Waals surface area (Å²) < 4.78 is 8.27. The fraction of sp³-hybridized carbons (Fsp3) is 0.667. The molecule has 0 aromatic carbocycles. The highest BCUT2D eigenvalue weighted by molar-refractivity contribution is 5.49. The molecule has 22 heavy (non-hydrogen) atoms. The van der Waals surface area contributed by atoms with Crippen molar-refractivity contribution in [3.8, 4) is 5.75 Å². The van der Waals surface area contributed by atoms with Crippen LogP contribution in [0.5, 0.6) is 5.75 Å². The highest BCUT2D eigenvalue weighted by atomic mass is 16.5. The minimum atomic E-state index is 0.683. The lowest BCUT2D eigenvalue weighted by Crippen LogP contribution is -2.21. The van der Waals surface area contributed by atoms with Gasteiger partial charge in [-0.3, -0.25) is 4.40 Å². The van der Waals surface area contributed by atoms with Crippen LogP contribution in [0.15, 0.2) is 18.6 Å².